The molecule has 0 radical (unpaired) electrons. The van der Waals surface area contributed by atoms with E-state index in [1.165, 1.54) is 0 Å². The van der Waals surface area contributed by atoms with Crippen molar-refractivity contribution in [3.63, 3.8) is 0 Å². The largest absolute Gasteiger partial charge is 0.396 e. The lowest BCUT2D eigenvalue weighted by atomic mass is 9.92. The number of para-hydroxylation sites is 1. The third-order valence-corrected chi connectivity index (χ3v) is 7.78. The number of aromatic nitrogens is 3. The number of ether oxygens (including phenoxy) is 1. The van der Waals surface area contributed by atoms with Gasteiger partial charge < -0.3 is 20.5 Å². The van der Waals surface area contributed by atoms with Crippen LogP contribution in [0.25, 0.3) is 20.8 Å². The normalized spacial score (nSPS) is 23.0. The van der Waals surface area contributed by atoms with Gasteiger partial charge in [-0.2, -0.15) is 4.98 Å². The molecule has 0 bridgehead atoms. The van der Waals surface area contributed by atoms with Crippen LogP contribution < -0.4 is 10.6 Å². The standard InChI is InChI=1S/C24H33N5O2S/c1-14-15(2)19(12-17(14)13-30)27-22-21(23-28-18-8-5-6-9-20(18)32-23)16(3)26-24(29-22)25-10-7-11-31-4/h5-6,8-9,14-15,17,19,30H,7,10-13H2,1-4H3,(H2,25,26,27,29). The third kappa shape index (κ3) is 4.72. The van der Waals surface area contributed by atoms with E-state index in [1.807, 2.05) is 25.1 Å². The Kier molecular flexibility index (Phi) is 7.23. The van der Waals surface area contributed by atoms with Gasteiger partial charge in [-0.05, 0) is 49.7 Å². The van der Waals surface area contributed by atoms with Crippen molar-refractivity contribution in [1.29, 1.82) is 0 Å². The summed E-state index contributed by atoms with van der Waals surface area (Å²) in [5.41, 5.74) is 2.84. The van der Waals surface area contributed by atoms with Gasteiger partial charge in [-0.1, -0.05) is 26.0 Å². The number of benzene rings is 1. The molecule has 0 amide bonds. The molecule has 4 unspecified atom stereocenters. The fraction of sp³-hybridized carbons (Fsp3) is 0.542. The Morgan fingerprint density at radius 2 is 1.97 bits per heavy atom. The summed E-state index contributed by atoms with van der Waals surface area (Å²) in [7, 11) is 1.71. The number of thiazole rings is 1. The summed E-state index contributed by atoms with van der Waals surface area (Å²) in [5.74, 6) is 2.63. The van der Waals surface area contributed by atoms with Crippen molar-refractivity contribution in [2.75, 3.05) is 37.5 Å². The number of hydrogen-bond acceptors (Lipinski definition) is 8. The van der Waals surface area contributed by atoms with Crippen LogP contribution in [-0.2, 0) is 4.74 Å². The Morgan fingerprint density at radius 1 is 1.16 bits per heavy atom. The molecule has 4 atom stereocenters. The highest BCUT2D eigenvalue weighted by Crippen LogP contribution is 2.41. The Hall–Kier alpha value is -2.29. The van der Waals surface area contributed by atoms with E-state index in [0.717, 1.165) is 51.7 Å². The fourth-order valence-electron chi connectivity index (χ4n) is 4.57. The lowest BCUT2D eigenvalue weighted by molar-refractivity contribution is 0.191. The minimum atomic E-state index is 0.226. The summed E-state index contributed by atoms with van der Waals surface area (Å²) in [5, 5.41) is 17.8. The van der Waals surface area contributed by atoms with E-state index in [1.54, 1.807) is 18.4 Å². The number of aliphatic hydroxyl groups is 1. The number of methoxy groups -OCH3 is 1. The summed E-state index contributed by atoms with van der Waals surface area (Å²) in [6, 6.07) is 8.43. The van der Waals surface area contributed by atoms with Crippen LogP contribution in [0.5, 0.6) is 0 Å². The van der Waals surface area contributed by atoms with Crippen LogP contribution in [0.4, 0.5) is 11.8 Å². The summed E-state index contributed by atoms with van der Waals surface area (Å²) in [6.07, 6.45) is 1.81. The third-order valence-electron chi connectivity index (χ3n) is 6.73. The van der Waals surface area contributed by atoms with Crippen LogP contribution in [0.2, 0.25) is 0 Å². The maximum absolute atomic E-state index is 9.80. The van der Waals surface area contributed by atoms with Crippen LogP contribution in [0.1, 0.15) is 32.4 Å². The van der Waals surface area contributed by atoms with E-state index in [-0.39, 0.29) is 12.6 Å². The van der Waals surface area contributed by atoms with Crippen LogP contribution >= 0.6 is 11.3 Å². The predicted molar refractivity (Wildman–Crippen MR) is 131 cm³/mol. The van der Waals surface area contributed by atoms with Crippen molar-refractivity contribution in [3.05, 3.63) is 30.0 Å². The number of anilines is 2. The predicted octanol–water partition coefficient (Wildman–Crippen LogP) is 4.58. The number of fused-ring (bicyclic) bond motifs is 1. The molecule has 172 valence electrons. The van der Waals surface area contributed by atoms with Crippen LogP contribution in [-0.4, -0.2) is 53.0 Å². The van der Waals surface area contributed by atoms with Gasteiger partial charge >= 0.3 is 0 Å². The first-order valence-electron chi connectivity index (χ1n) is 11.4. The van der Waals surface area contributed by atoms with Crippen LogP contribution in [0.3, 0.4) is 0 Å². The molecule has 2 heterocycles. The van der Waals surface area contributed by atoms with Crippen molar-refractivity contribution in [2.24, 2.45) is 17.8 Å². The molecule has 1 fully saturated rings. The number of nitrogens with one attached hydrogen (secondary N) is 2. The molecule has 0 aliphatic heterocycles. The number of hydrogen-bond donors (Lipinski definition) is 3. The van der Waals surface area contributed by atoms with Gasteiger partial charge in [0.15, 0.2) is 0 Å². The van der Waals surface area contributed by atoms with Gasteiger partial charge in [-0.25, -0.2) is 9.97 Å². The van der Waals surface area contributed by atoms with E-state index < -0.39 is 0 Å². The molecular formula is C24H33N5O2S. The molecule has 3 N–H and O–H groups in total. The molecular weight excluding hydrogens is 422 g/mol. The van der Waals surface area contributed by atoms with Gasteiger partial charge in [0.25, 0.3) is 0 Å². The molecule has 0 saturated heterocycles. The summed E-state index contributed by atoms with van der Waals surface area (Å²) < 4.78 is 6.29. The molecule has 0 spiro atoms. The SMILES string of the molecule is COCCCNc1nc(C)c(-c2nc3ccccc3s2)c(NC2CC(CO)C(C)C2C)n1. The highest BCUT2D eigenvalue weighted by Gasteiger charge is 2.38. The summed E-state index contributed by atoms with van der Waals surface area (Å²) >= 11 is 1.67. The van der Waals surface area contributed by atoms with Crippen molar-refractivity contribution in [1.82, 2.24) is 15.0 Å². The molecule has 1 aliphatic rings. The van der Waals surface area contributed by atoms with Gasteiger partial charge in [0.2, 0.25) is 5.95 Å². The van der Waals surface area contributed by atoms with Gasteiger partial charge in [-0.15, -0.1) is 11.3 Å². The average molecular weight is 456 g/mol. The minimum Gasteiger partial charge on any atom is -0.396 e. The maximum atomic E-state index is 9.80. The lowest BCUT2D eigenvalue weighted by Crippen LogP contribution is -2.25. The average Bonchev–Trinajstić information content (AvgIpc) is 3.32. The van der Waals surface area contributed by atoms with Crippen molar-refractivity contribution in [3.8, 4) is 10.6 Å². The summed E-state index contributed by atoms with van der Waals surface area (Å²) in [4.78, 5) is 14.5. The van der Waals surface area contributed by atoms with E-state index in [0.29, 0.717) is 30.3 Å². The zero-order valence-corrected chi connectivity index (χ0v) is 20.1. The van der Waals surface area contributed by atoms with E-state index >= 15 is 0 Å². The molecule has 1 saturated carbocycles. The van der Waals surface area contributed by atoms with Gasteiger partial charge in [-0.3, -0.25) is 0 Å². The van der Waals surface area contributed by atoms with Crippen molar-refractivity contribution in [2.45, 2.75) is 39.7 Å². The number of aliphatic hydroxyl groups excluding tert-OH is 1. The Labute approximate surface area is 193 Å². The van der Waals surface area contributed by atoms with E-state index in [2.05, 4.69) is 30.5 Å². The monoisotopic (exact) mass is 455 g/mol. The quantitative estimate of drug-likeness (QED) is 0.407. The second-order valence-electron chi connectivity index (χ2n) is 8.76. The highest BCUT2D eigenvalue weighted by molar-refractivity contribution is 7.21. The number of nitrogens with zero attached hydrogens (tertiary/aromatic N) is 3. The number of rotatable bonds is 9. The molecule has 8 heteroatoms. The summed E-state index contributed by atoms with van der Waals surface area (Å²) in [6.45, 7) is 8.18. The molecule has 7 nitrogen and oxygen atoms in total. The molecule has 1 aliphatic carbocycles. The maximum Gasteiger partial charge on any atom is 0.224 e. The molecule has 3 aromatic rings. The number of aryl methyl sites for hydroxylation is 1. The van der Waals surface area contributed by atoms with Gasteiger partial charge in [0.1, 0.15) is 10.8 Å². The first-order valence-corrected chi connectivity index (χ1v) is 12.2. The van der Waals surface area contributed by atoms with Crippen molar-refractivity contribution < 1.29 is 9.84 Å². The van der Waals surface area contributed by atoms with Crippen molar-refractivity contribution >= 4 is 33.3 Å². The lowest BCUT2D eigenvalue weighted by Gasteiger charge is -2.22. The van der Waals surface area contributed by atoms with Crippen LogP contribution in [0.15, 0.2) is 24.3 Å². The fourth-order valence-corrected chi connectivity index (χ4v) is 5.63. The van der Waals surface area contributed by atoms with Crippen LogP contribution in [0, 0.1) is 24.7 Å². The van der Waals surface area contributed by atoms with Gasteiger partial charge in [0, 0.05) is 32.9 Å². The second kappa shape index (κ2) is 10.1. The van der Waals surface area contributed by atoms with E-state index in [9.17, 15) is 5.11 Å². The second-order valence-corrected chi connectivity index (χ2v) is 9.79. The zero-order valence-electron chi connectivity index (χ0n) is 19.3. The zero-order chi connectivity index (χ0) is 22.7. The minimum absolute atomic E-state index is 0.226. The molecule has 2 aromatic heterocycles. The molecule has 4 rings (SSSR count). The first kappa shape index (κ1) is 22.9. The first-order chi connectivity index (χ1) is 15.5. The molecule has 1 aromatic carbocycles. The Morgan fingerprint density at radius 3 is 2.69 bits per heavy atom. The van der Waals surface area contributed by atoms with E-state index in [4.69, 9.17) is 19.7 Å². The van der Waals surface area contributed by atoms with Gasteiger partial charge in [0.05, 0.1) is 21.5 Å². The molecule has 32 heavy (non-hydrogen) atoms. The smallest absolute Gasteiger partial charge is 0.224 e. The highest BCUT2D eigenvalue weighted by atomic mass is 32.1. The Bertz CT molecular complexity index is 1020. The topological polar surface area (TPSA) is 92.2 Å². The Balaban J connectivity index is 1.69.